The van der Waals surface area contributed by atoms with Crippen molar-refractivity contribution < 1.29 is 4.42 Å². The van der Waals surface area contributed by atoms with Crippen LogP contribution in [0.15, 0.2) is 229 Å². The summed E-state index contributed by atoms with van der Waals surface area (Å²) in [5.41, 5.74) is 25.1. The molecule has 0 unspecified atom stereocenters. The van der Waals surface area contributed by atoms with Crippen molar-refractivity contribution in [1.82, 2.24) is 0 Å². The molecule has 10 aromatic carbocycles. The molecule has 0 saturated carbocycles. The van der Waals surface area contributed by atoms with Gasteiger partial charge in [-0.3, -0.25) is 0 Å². The second kappa shape index (κ2) is 13.7. The molecular weight excluding hydrogens is 799 g/mol. The Bertz CT molecular complexity index is 3750. The van der Waals surface area contributed by atoms with E-state index in [-0.39, 0.29) is 5.41 Å². The third-order valence-corrected chi connectivity index (χ3v) is 15.1. The molecule has 1 aromatic heterocycles. The molecule has 2 heteroatoms. The summed E-state index contributed by atoms with van der Waals surface area (Å²) < 4.78 is 6.34. The van der Waals surface area contributed by atoms with Crippen molar-refractivity contribution in [1.29, 1.82) is 0 Å². The molecule has 3 aliphatic rings. The lowest BCUT2D eigenvalue weighted by atomic mass is 9.70. The Balaban J connectivity index is 0.971. The molecule has 0 saturated heterocycles. The molecule has 0 amide bonds. The number of fused-ring (bicyclic) bond motifs is 16. The van der Waals surface area contributed by atoms with Crippen LogP contribution in [0.1, 0.15) is 47.2 Å². The standard InChI is InChI=1S/C64H43NO/c1-63(2)57-37-42(40-15-4-3-5-16-40)29-34-48(57)49-36-33-45(39-58(49)63)65(44-31-27-41(28-32-44)43-30-35-51-50-19-9-13-26-60(50)66-61(51)38-43)59-25-14-24-56-62(59)52-20-8-12-23-55(52)64(56)53-21-10-6-17-46(53)47-18-7-11-22-54(47)64/h3-39H,1-2H3. The second-order valence-electron chi connectivity index (χ2n) is 18.8. The molecule has 66 heavy (non-hydrogen) atoms. The maximum Gasteiger partial charge on any atom is 0.136 e. The number of nitrogens with zero attached hydrogens (tertiary/aromatic N) is 1. The number of hydrogen-bond acceptors (Lipinski definition) is 2. The first-order valence-corrected chi connectivity index (χ1v) is 23.1. The largest absolute Gasteiger partial charge is 0.456 e. The SMILES string of the molecule is CC1(C)c2cc(-c3ccccc3)ccc2-c2ccc(N(c3ccc(-c4ccc5c(c4)oc4ccccc45)cc3)c3cccc4c3-c3ccccc3C43c4ccccc4-c4ccccc43)cc21. The molecule has 14 rings (SSSR count). The minimum absolute atomic E-state index is 0.219. The van der Waals surface area contributed by atoms with E-state index >= 15 is 0 Å². The molecule has 1 spiro atoms. The van der Waals surface area contributed by atoms with E-state index in [0.717, 1.165) is 50.1 Å². The van der Waals surface area contributed by atoms with Crippen molar-refractivity contribution in [3.05, 3.63) is 258 Å². The van der Waals surface area contributed by atoms with Gasteiger partial charge in [0.1, 0.15) is 11.2 Å². The van der Waals surface area contributed by atoms with E-state index in [1.54, 1.807) is 0 Å². The average Bonchev–Trinajstić information content (AvgIpc) is 4.06. The molecular formula is C64H43NO. The van der Waals surface area contributed by atoms with Gasteiger partial charge in [0.2, 0.25) is 0 Å². The number of furan rings is 1. The van der Waals surface area contributed by atoms with Gasteiger partial charge in [0, 0.05) is 33.1 Å². The molecule has 0 N–H and O–H groups in total. The van der Waals surface area contributed by atoms with Gasteiger partial charge in [-0.25, -0.2) is 0 Å². The normalized spacial score (nSPS) is 14.2. The number of anilines is 3. The lowest BCUT2D eigenvalue weighted by Crippen LogP contribution is -2.26. The zero-order valence-corrected chi connectivity index (χ0v) is 36.7. The van der Waals surface area contributed by atoms with Crippen LogP contribution in [0.5, 0.6) is 0 Å². The maximum absolute atomic E-state index is 6.34. The van der Waals surface area contributed by atoms with Crippen LogP contribution in [0.3, 0.4) is 0 Å². The Labute approximate surface area is 384 Å². The quantitative estimate of drug-likeness (QED) is 0.172. The third-order valence-electron chi connectivity index (χ3n) is 15.1. The Kier molecular flexibility index (Phi) is 7.70. The van der Waals surface area contributed by atoms with Crippen molar-refractivity contribution in [2.45, 2.75) is 24.7 Å². The molecule has 3 aliphatic carbocycles. The lowest BCUT2D eigenvalue weighted by Gasteiger charge is -2.32. The fourth-order valence-electron chi connectivity index (χ4n) is 12.1. The van der Waals surface area contributed by atoms with Crippen LogP contribution in [0, 0.1) is 0 Å². The van der Waals surface area contributed by atoms with E-state index in [1.165, 1.54) is 77.9 Å². The van der Waals surface area contributed by atoms with Gasteiger partial charge in [-0.1, -0.05) is 184 Å². The number of rotatable bonds is 5. The molecule has 0 aliphatic heterocycles. The highest BCUT2D eigenvalue weighted by Crippen LogP contribution is 2.65. The average molecular weight is 842 g/mol. The molecule has 2 nitrogen and oxygen atoms in total. The summed E-state index contributed by atoms with van der Waals surface area (Å²) in [4.78, 5) is 2.52. The van der Waals surface area contributed by atoms with E-state index in [9.17, 15) is 0 Å². The first-order chi connectivity index (χ1) is 32.5. The van der Waals surface area contributed by atoms with Gasteiger partial charge in [0.05, 0.1) is 11.1 Å². The smallest absolute Gasteiger partial charge is 0.136 e. The van der Waals surface area contributed by atoms with Crippen LogP contribution in [0.2, 0.25) is 0 Å². The molecule has 11 aromatic rings. The summed E-state index contributed by atoms with van der Waals surface area (Å²) in [7, 11) is 0. The van der Waals surface area contributed by atoms with Crippen LogP contribution in [-0.4, -0.2) is 0 Å². The van der Waals surface area contributed by atoms with Crippen LogP contribution >= 0.6 is 0 Å². The van der Waals surface area contributed by atoms with Gasteiger partial charge in [0.15, 0.2) is 0 Å². The fourth-order valence-corrected chi connectivity index (χ4v) is 12.1. The van der Waals surface area contributed by atoms with Gasteiger partial charge < -0.3 is 9.32 Å². The van der Waals surface area contributed by atoms with E-state index in [4.69, 9.17) is 4.42 Å². The highest BCUT2D eigenvalue weighted by atomic mass is 16.3. The van der Waals surface area contributed by atoms with Gasteiger partial charge in [-0.05, 0) is 138 Å². The van der Waals surface area contributed by atoms with Crippen molar-refractivity contribution in [2.24, 2.45) is 0 Å². The highest BCUT2D eigenvalue weighted by molar-refractivity contribution is 6.06. The Morgan fingerprint density at radius 3 is 1.61 bits per heavy atom. The summed E-state index contributed by atoms with van der Waals surface area (Å²) in [6.07, 6.45) is 0. The molecule has 0 fully saturated rings. The first-order valence-electron chi connectivity index (χ1n) is 23.1. The molecule has 1 heterocycles. The minimum atomic E-state index is -0.446. The van der Waals surface area contributed by atoms with Crippen molar-refractivity contribution >= 4 is 39.0 Å². The third kappa shape index (κ3) is 5.01. The number of hydrogen-bond donors (Lipinski definition) is 0. The second-order valence-corrected chi connectivity index (χ2v) is 18.8. The highest BCUT2D eigenvalue weighted by Gasteiger charge is 2.52. The predicted molar refractivity (Wildman–Crippen MR) is 273 cm³/mol. The summed E-state index contributed by atoms with van der Waals surface area (Å²) >= 11 is 0. The van der Waals surface area contributed by atoms with E-state index in [1.807, 2.05) is 12.1 Å². The topological polar surface area (TPSA) is 16.4 Å². The van der Waals surface area contributed by atoms with Crippen LogP contribution in [-0.2, 0) is 10.8 Å². The van der Waals surface area contributed by atoms with Crippen molar-refractivity contribution in [3.63, 3.8) is 0 Å². The van der Waals surface area contributed by atoms with Crippen molar-refractivity contribution in [2.75, 3.05) is 4.90 Å². The Morgan fingerprint density at radius 2 is 0.848 bits per heavy atom. The van der Waals surface area contributed by atoms with E-state index in [2.05, 4.69) is 231 Å². The molecule has 310 valence electrons. The van der Waals surface area contributed by atoms with E-state index < -0.39 is 5.41 Å². The monoisotopic (exact) mass is 841 g/mol. The Hall–Kier alpha value is -8.20. The zero-order valence-electron chi connectivity index (χ0n) is 36.7. The van der Waals surface area contributed by atoms with Gasteiger partial charge in [-0.15, -0.1) is 0 Å². The lowest BCUT2D eigenvalue weighted by molar-refractivity contribution is 0.660. The van der Waals surface area contributed by atoms with E-state index in [0.29, 0.717) is 0 Å². The maximum atomic E-state index is 6.34. The predicted octanol–water partition coefficient (Wildman–Crippen LogP) is 17.0. The van der Waals surface area contributed by atoms with Crippen LogP contribution in [0.25, 0.3) is 77.6 Å². The summed E-state index contributed by atoms with van der Waals surface area (Å²) in [5.74, 6) is 0. The molecule has 0 radical (unpaired) electrons. The summed E-state index contributed by atoms with van der Waals surface area (Å²) in [6.45, 7) is 4.78. The number of para-hydroxylation sites is 1. The fraction of sp³-hybridized carbons (Fsp3) is 0.0625. The van der Waals surface area contributed by atoms with Gasteiger partial charge in [-0.2, -0.15) is 0 Å². The Morgan fingerprint density at radius 1 is 0.333 bits per heavy atom. The van der Waals surface area contributed by atoms with Gasteiger partial charge in [0.25, 0.3) is 0 Å². The number of benzene rings is 10. The van der Waals surface area contributed by atoms with Crippen LogP contribution < -0.4 is 4.90 Å². The minimum Gasteiger partial charge on any atom is -0.456 e. The summed E-state index contributed by atoms with van der Waals surface area (Å²) in [5, 5.41) is 2.28. The summed E-state index contributed by atoms with van der Waals surface area (Å²) in [6, 6.07) is 83.3. The van der Waals surface area contributed by atoms with Crippen LogP contribution in [0.4, 0.5) is 17.1 Å². The molecule has 0 bridgehead atoms. The first kappa shape index (κ1) is 37.2. The van der Waals surface area contributed by atoms with Crippen molar-refractivity contribution in [3.8, 4) is 55.6 Å². The zero-order chi connectivity index (χ0) is 43.7. The van der Waals surface area contributed by atoms with Gasteiger partial charge >= 0.3 is 0 Å². The molecule has 0 atom stereocenters.